The van der Waals surface area contributed by atoms with Crippen LogP contribution in [0.25, 0.3) is 0 Å². The van der Waals surface area contributed by atoms with E-state index in [-0.39, 0.29) is 0 Å². The van der Waals surface area contributed by atoms with Crippen molar-refractivity contribution in [2.75, 3.05) is 0 Å². The topological polar surface area (TPSA) is 24.4 Å². The maximum absolute atomic E-state index is 4.35. The molecule has 14 heavy (non-hydrogen) atoms. The van der Waals surface area contributed by atoms with Crippen LogP contribution in [0.3, 0.4) is 0 Å². The van der Waals surface area contributed by atoms with Gasteiger partial charge in [0.1, 0.15) is 5.84 Å². The van der Waals surface area contributed by atoms with Crippen LogP contribution in [-0.4, -0.2) is 5.84 Å². The zero-order chi connectivity index (χ0) is 10.6. The van der Waals surface area contributed by atoms with E-state index in [0.29, 0.717) is 0 Å². The van der Waals surface area contributed by atoms with Gasteiger partial charge in [0.25, 0.3) is 0 Å². The molecule has 0 unspecified atom stereocenters. The fourth-order valence-electron chi connectivity index (χ4n) is 1.16. The van der Waals surface area contributed by atoms with Crippen LogP contribution in [0.1, 0.15) is 27.2 Å². The Balaban J connectivity index is 2.93. The summed E-state index contributed by atoms with van der Waals surface area (Å²) in [6.45, 7) is 6.24. The lowest BCUT2D eigenvalue weighted by atomic mass is 10.1. The van der Waals surface area contributed by atoms with Gasteiger partial charge in [0.15, 0.2) is 0 Å². The van der Waals surface area contributed by atoms with Crippen molar-refractivity contribution < 1.29 is 0 Å². The Morgan fingerprint density at radius 1 is 1.57 bits per heavy atom. The molecule has 1 N–H and O–H groups in total. The molecule has 0 bridgehead atoms. The van der Waals surface area contributed by atoms with Gasteiger partial charge in [0, 0.05) is 22.5 Å². The fraction of sp³-hybridized carbons (Fsp3) is 0.364. The van der Waals surface area contributed by atoms with Gasteiger partial charge < -0.3 is 5.32 Å². The lowest BCUT2D eigenvalue weighted by Gasteiger charge is -2.03. The van der Waals surface area contributed by atoms with Gasteiger partial charge in [-0.25, -0.2) is 4.99 Å². The van der Waals surface area contributed by atoms with Gasteiger partial charge in [-0.3, -0.25) is 0 Å². The van der Waals surface area contributed by atoms with Crippen molar-refractivity contribution in [1.82, 2.24) is 5.32 Å². The minimum Gasteiger partial charge on any atom is -0.346 e. The molecule has 0 amide bonds. The van der Waals surface area contributed by atoms with E-state index in [2.05, 4.69) is 46.2 Å². The first-order chi connectivity index (χ1) is 6.65. The number of amidine groups is 1. The molecule has 0 saturated heterocycles. The fourth-order valence-corrected chi connectivity index (χ4v) is 1.26. The third-order valence-corrected chi connectivity index (χ3v) is 2.29. The zero-order valence-corrected chi connectivity index (χ0v) is 10.4. The van der Waals surface area contributed by atoms with Crippen LogP contribution in [0.4, 0.5) is 0 Å². The molecule has 3 heteroatoms. The van der Waals surface area contributed by atoms with E-state index >= 15 is 0 Å². The van der Waals surface area contributed by atoms with Crippen LogP contribution < -0.4 is 5.32 Å². The molecule has 0 aromatic rings. The Labute approximate surface area is 93.6 Å². The number of hydrogen-bond donors (Lipinski definition) is 1. The number of rotatable bonds is 2. The third kappa shape index (κ3) is 2.84. The highest BCUT2D eigenvalue weighted by Gasteiger charge is 2.10. The monoisotopic (exact) mass is 254 g/mol. The predicted octanol–water partition coefficient (Wildman–Crippen LogP) is 3.48. The van der Waals surface area contributed by atoms with E-state index in [4.69, 9.17) is 0 Å². The van der Waals surface area contributed by atoms with E-state index in [9.17, 15) is 0 Å². The van der Waals surface area contributed by atoms with Gasteiger partial charge in [-0.1, -0.05) is 28.4 Å². The number of nitrogens with zero attached hydrogens (tertiary/aromatic N) is 1. The Hall–Kier alpha value is -0.830. The first-order valence-electron chi connectivity index (χ1n) is 4.68. The maximum Gasteiger partial charge on any atom is 0.137 e. The summed E-state index contributed by atoms with van der Waals surface area (Å²) in [7, 11) is 0. The first kappa shape index (κ1) is 11.2. The molecule has 1 heterocycles. The molecular formula is C11H15BrN2. The van der Waals surface area contributed by atoms with Crippen molar-refractivity contribution in [3.05, 3.63) is 34.1 Å². The largest absolute Gasteiger partial charge is 0.346 e. The Morgan fingerprint density at radius 2 is 2.29 bits per heavy atom. The zero-order valence-electron chi connectivity index (χ0n) is 8.76. The molecule has 0 aromatic carbocycles. The van der Waals surface area contributed by atoms with Crippen molar-refractivity contribution >= 4 is 21.8 Å². The second-order valence-electron chi connectivity index (χ2n) is 3.22. The van der Waals surface area contributed by atoms with Crippen molar-refractivity contribution in [1.29, 1.82) is 0 Å². The van der Waals surface area contributed by atoms with Crippen LogP contribution >= 0.6 is 15.9 Å². The van der Waals surface area contributed by atoms with Crippen molar-refractivity contribution in [3.63, 3.8) is 0 Å². The van der Waals surface area contributed by atoms with Gasteiger partial charge in [-0.15, -0.1) is 0 Å². The quantitative estimate of drug-likeness (QED) is 0.802. The van der Waals surface area contributed by atoms with Crippen molar-refractivity contribution in [2.24, 2.45) is 4.99 Å². The molecule has 0 radical (unpaired) electrons. The molecule has 0 aromatic heterocycles. The van der Waals surface area contributed by atoms with Crippen LogP contribution in [0.5, 0.6) is 0 Å². The van der Waals surface area contributed by atoms with Gasteiger partial charge in [0.2, 0.25) is 0 Å². The summed E-state index contributed by atoms with van der Waals surface area (Å²) in [6, 6.07) is 0. The molecular weight excluding hydrogens is 240 g/mol. The number of allylic oxidation sites excluding steroid dienone is 2. The normalized spacial score (nSPS) is 22.9. The van der Waals surface area contributed by atoms with Crippen LogP contribution in [0.2, 0.25) is 0 Å². The number of aliphatic imine (C=N–C) groups is 1. The molecule has 1 aliphatic heterocycles. The maximum atomic E-state index is 4.35. The highest BCUT2D eigenvalue weighted by Crippen LogP contribution is 2.15. The molecule has 76 valence electrons. The average Bonchev–Trinajstić information content (AvgIpc) is 2.61. The predicted molar refractivity (Wildman–Crippen MR) is 65.4 cm³/mol. The highest BCUT2D eigenvalue weighted by molar-refractivity contribution is 9.11. The van der Waals surface area contributed by atoms with Crippen molar-refractivity contribution in [2.45, 2.75) is 27.2 Å². The number of halogens is 1. The summed E-state index contributed by atoms with van der Waals surface area (Å²) < 4.78 is 1.02. The first-order valence-corrected chi connectivity index (χ1v) is 5.47. The van der Waals surface area contributed by atoms with E-state index < -0.39 is 0 Å². The van der Waals surface area contributed by atoms with Gasteiger partial charge in [0.05, 0.1) is 0 Å². The summed E-state index contributed by atoms with van der Waals surface area (Å²) in [5, 5.41) is 3.12. The van der Waals surface area contributed by atoms with Gasteiger partial charge >= 0.3 is 0 Å². The molecule has 0 atom stereocenters. The Kier molecular flexibility index (Phi) is 4.14. The van der Waals surface area contributed by atoms with Crippen LogP contribution in [0.15, 0.2) is 39.1 Å². The second kappa shape index (κ2) is 5.15. The van der Waals surface area contributed by atoms with E-state index in [1.807, 2.05) is 13.1 Å². The van der Waals surface area contributed by atoms with Gasteiger partial charge in [-0.2, -0.15) is 0 Å². The molecule has 0 spiro atoms. The lowest BCUT2D eigenvalue weighted by Crippen LogP contribution is -2.13. The summed E-state index contributed by atoms with van der Waals surface area (Å²) in [5.74, 6) is 0.933. The number of hydrogen-bond acceptors (Lipinski definition) is 1. The Bertz CT molecular complexity index is 331. The summed E-state index contributed by atoms with van der Waals surface area (Å²) >= 11 is 3.35. The molecule has 0 aliphatic carbocycles. The Morgan fingerprint density at radius 3 is 2.86 bits per heavy atom. The standard InChI is InChI=1S/C11H15BrN2/c1-4-8(2)10-5-6-13-11(10)14-7-9(3)12/h5-7H,4H2,1-3H3,(H,13,14)/b9-7+,10-8+. The molecule has 1 rings (SSSR count). The SMILES string of the molecule is CC\C(C)=C1/C=CN/C1=N\C=C(/C)Br. The highest BCUT2D eigenvalue weighted by atomic mass is 79.9. The minimum absolute atomic E-state index is 0.933. The van der Waals surface area contributed by atoms with Gasteiger partial charge in [-0.05, 0) is 26.3 Å². The summed E-state index contributed by atoms with van der Waals surface area (Å²) in [4.78, 5) is 4.35. The minimum atomic E-state index is 0.933. The van der Waals surface area contributed by atoms with Crippen LogP contribution in [-0.2, 0) is 0 Å². The molecule has 2 nitrogen and oxygen atoms in total. The van der Waals surface area contributed by atoms with E-state index in [1.165, 1.54) is 11.1 Å². The molecule has 0 saturated carbocycles. The molecule has 1 aliphatic rings. The number of nitrogens with one attached hydrogen (secondary N) is 1. The smallest absolute Gasteiger partial charge is 0.137 e. The van der Waals surface area contributed by atoms with Crippen molar-refractivity contribution in [3.8, 4) is 0 Å². The average molecular weight is 255 g/mol. The second-order valence-corrected chi connectivity index (χ2v) is 4.47. The molecule has 0 fully saturated rings. The third-order valence-electron chi connectivity index (χ3n) is 2.09. The summed E-state index contributed by atoms with van der Waals surface area (Å²) in [5.41, 5.74) is 2.56. The van der Waals surface area contributed by atoms with Crippen LogP contribution in [0, 0.1) is 0 Å². The summed E-state index contributed by atoms with van der Waals surface area (Å²) in [6.07, 6.45) is 6.84. The van der Waals surface area contributed by atoms with E-state index in [1.54, 1.807) is 6.20 Å². The van der Waals surface area contributed by atoms with E-state index in [0.717, 1.165) is 16.7 Å². The lowest BCUT2D eigenvalue weighted by molar-refractivity contribution is 1.09.